The van der Waals surface area contributed by atoms with Crippen LogP contribution in [0.15, 0.2) is 10.5 Å². The molecule has 1 aromatic heterocycles. The van der Waals surface area contributed by atoms with Crippen molar-refractivity contribution in [1.29, 1.82) is 0 Å². The third-order valence-corrected chi connectivity index (χ3v) is 2.82. The van der Waals surface area contributed by atoms with Crippen molar-refractivity contribution in [3.8, 4) is 10.1 Å². The summed E-state index contributed by atoms with van der Waals surface area (Å²) in [6.45, 7) is 0.387. The zero-order valence-corrected chi connectivity index (χ0v) is 8.07. The molecule has 11 heavy (non-hydrogen) atoms. The monoisotopic (exact) mass is 236 g/mol. The highest BCUT2D eigenvalue weighted by Gasteiger charge is 2.06. The van der Waals surface area contributed by atoms with E-state index < -0.39 is 0 Å². The predicted molar refractivity (Wildman–Crippen MR) is 45.3 cm³/mol. The molecule has 0 aliphatic heterocycles. The van der Waals surface area contributed by atoms with Gasteiger partial charge in [-0.25, -0.2) is 0 Å². The predicted octanol–water partition coefficient (Wildman–Crippen LogP) is 2.05. The molecule has 0 fully saturated rings. The van der Waals surface area contributed by atoms with E-state index in [4.69, 9.17) is 4.74 Å². The summed E-state index contributed by atoms with van der Waals surface area (Å²) in [5.41, 5.74) is 0. The summed E-state index contributed by atoms with van der Waals surface area (Å²) in [5, 5.41) is 1.21. The van der Waals surface area contributed by atoms with Gasteiger partial charge in [-0.15, -0.1) is 0 Å². The normalized spacial score (nSPS) is 9.27. The van der Waals surface area contributed by atoms with Gasteiger partial charge in [0.05, 0.1) is 11.6 Å². The van der Waals surface area contributed by atoms with Crippen LogP contribution in [-0.2, 0) is 4.79 Å². The van der Waals surface area contributed by atoms with Crippen LogP contribution in [0.5, 0.6) is 10.1 Å². The molecule has 0 atom stereocenters. The lowest BCUT2D eigenvalue weighted by molar-refractivity contribution is -0.120. The fourth-order valence-electron chi connectivity index (χ4n) is 0.577. The summed E-state index contributed by atoms with van der Waals surface area (Å²) in [5.74, 6) is 0. The second-order valence-electron chi connectivity index (χ2n) is 1.62. The maximum atomic E-state index is 9.91. The maximum Gasteiger partial charge on any atom is 0.299 e. The van der Waals surface area contributed by atoms with Crippen LogP contribution in [0.25, 0.3) is 0 Å². The minimum atomic E-state index is 0.387. The van der Waals surface area contributed by atoms with Crippen molar-refractivity contribution in [3.63, 3.8) is 0 Å². The molecule has 1 aromatic rings. The van der Waals surface area contributed by atoms with E-state index >= 15 is 0 Å². The van der Waals surface area contributed by atoms with Crippen LogP contribution < -0.4 is 9.47 Å². The maximum absolute atomic E-state index is 9.91. The number of rotatable bonds is 3. The zero-order chi connectivity index (χ0) is 8.27. The molecule has 0 spiro atoms. The van der Waals surface area contributed by atoms with E-state index in [-0.39, 0.29) is 0 Å². The van der Waals surface area contributed by atoms with E-state index in [1.54, 1.807) is 13.2 Å². The van der Waals surface area contributed by atoms with E-state index in [9.17, 15) is 4.79 Å². The Labute approximate surface area is 76.1 Å². The molecule has 0 aliphatic rings. The van der Waals surface area contributed by atoms with Crippen LogP contribution in [-0.4, -0.2) is 13.6 Å². The molecule has 0 aliphatic carbocycles. The van der Waals surface area contributed by atoms with Crippen LogP contribution in [0.2, 0.25) is 0 Å². The van der Waals surface area contributed by atoms with Gasteiger partial charge in [-0.3, -0.25) is 4.79 Å². The summed E-state index contributed by atoms with van der Waals surface area (Å²) >= 11 is 4.50. The summed E-state index contributed by atoms with van der Waals surface area (Å²) in [7, 11) is 1.56. The highest BCUT2D eigenvalue weighted by Crippen LogP contribution is 2.39. The van der Waals surface area contributed by atoms with Crippen molar-refractivity contribution >= 4 is 33.7 Å². The topological polar surface area (TPSA) is 35.5 Å². The van der Waals surface area contributed by atoms with Gasteiger partial charge in [-0.2, -0.15) is 0 Å². The van der Waals surface area contributed by atoms with E-state index in [1.807, 2.05) is 0 Å². The number of ether oxygens (including phenoxy) is 2. The van der Waals surface area contributed by atoms with Gasteiger partial charge in [-0.05, 0) is 15.9 Å². The molecule has 0 saturated heterocycles. The van der Waals surface area contributed by atoms with Gasteiger partial charge in [0.25, 0.3) is 6.47 Å². The molecule has 1 rings (SSSR count). The summed E-state index contributed by atoms with van der Waals surface area (Å²) in [6, 6.07) is 1.68. The van der Waals surface area contributed by atoms with Gasteiger partial charge in [0.2, 0.25) is 0 Å². The van der Waals surface area contributed by atoms with E-state index in [2.05, 4.69) is 20.7 Å². The highest BCUT2D eigenvalue weighted by molar-refractivity contribution is 9.10. The Hall–Kier alpha value is -0.550. The molecule has 0 unspecified atom stereocenters. The van der Waals surface area contributed by atoms with Crippen LogP contribution in [0, 0.1) is 0 Å². The van der Waals surface area contributed by atoms with Gasteiger partial charge in [0.1, 0.15) is 0 Å². The summed E-state index contributed by atoms with van der Waals surface area (Å²) in [4.78, 5) is 9.91. The molecule has 0 amide bonds. The molecule has 0 bridgehead atoms. The van der Waals surface area contributed by atoms with E-state index in [1.165, 1.54) is 11.3 Å². The van der Waals surface area contributed by atoms with Crippen molar-refractivity contribution in [2.45, 2.75) is 0 Å². The van der Waals surface area contributed by atoms with Gasteiger partial charge in [0.15, 0.2) is 10.1 Å². The first-order valence-corrected chi connectivity index (χ1v) is 4.32. The molecule has 5 heteroatoms. The molecule has 0 aromatic carbocycles. The minimum absolute atomic E-state index is 0.387. The largest absolute Gasteiger partial charge is 0.486 e. The average Bonchev–Trinajstić information content (AvgIpc) is 2.32. The molecule has 3 nitrogen and oxygen atoms in total. The number of carbonyl (C=O) groups is 1. The first-order chi connectivity index (χ1) is 5.27. The Balaban J connectivity index is 2.85. The second-order valence-corrected chi connectivity index (χ2v) is 3.45. The molecule has 60 valence electrons. The lowest BCUT2D eigenvalue weighted by Gasteiger charge is -1.91. The Kier molecular flexibility index (Phi) is 2.90. The Morgan fingerprint density at radius 3 is 2.91 bits per heavy atom. The minimum Gasteiger partial charge on any atom is -0.486 e. The summed E-state index contributed by atoms with van der Waals surface area (Å²) < 4.78 is 10.3. The summed E-state index contributed by atoms with van der Waals surface area (Å²) in [6.07, 6.45) is 0. The van der Waals surface area contributed by atoms with Crippen molar-refractivity contribution < 1.29 is 14.3 Å². The van der Waals surface area contributed by atoms with Crippen molar-refractivity contribution in [2.75, 3.05) is 7.11 Å². The Bertz CT molecular complexity index is 258. The number of thiophene rings is 1. The van der Waals surface area contributed by atoms with Crippen LogP contribution >= 0.6 is 27.3 Å². The lowest BCUT2D eigenvalue weighted by atomic mass is 10.6. The molecular weight excluding hydrogens is 232 g/mol. The quantitative estimate of drug-likeness (QED) is 0.754. The number of methoxy groups -OCH3 is 1. The first-order valence-electron chi connectivity index (χ1n) is 2.71. The number of hydrogen-bond acceptors (Lipinski definition) is 4. The van der Waals surface area contributed by atoms with Gasteiger partial charge < -0.3 is 9.47 Å². The van der Waals surface area contributed by atoms with Gasteiger partial charge >= 0.3 is 0 Å². The number of carbonyl (C=O) groups excluding carboxylic acids is 1. The Morgan fingerprint density at radius 1 is 1.73 bits per heavy atom. The molecule has 0 saturated carbocycles. The smallest absolute Gasteiger partial charge is 0.299 e. The molecular formula is C6H5BrO3S. The van der Waals surface area contributed by atoms with Crippen LogP contribution in [0.3, 0.4) is 0 Å². The average molecular weight is 237 g/mol. The zero-order valence-electron chi connectivity index (χ0n) is 5.67. The number of hydrogen-bond donors (Lipinski definition) is 0. The molecule has 0 radical (unpaired) electrons. The fraction of sp³-hybridized carbons (Fsp3) is 0.167. The fourth-order valence-corrected chi connectivity index (χ4v) is 2.03. The molecule has 1 heterocycles. The highest BCUT2D eigenvalue weighted by atomic mass is 79.9. The van der Waals surface area contributed by atoms with Gasteiger partial charge in [-0.1, -0.05) is 11.3 Å². The number of halogens is 1. The standard InChI is InChI=1S/C6H5BrO3S/c1-9-6-4(7)2-5(11-6)10-3-8/h2-3H,1H3. The first kappa shape index (κ1) is 8.55. The SMILES string of the molecule is COc1sc(OC=O)cc1Br. The Morgan fingerprint density at radius 2 is 2.45 bits per heavy atom. The van der Waals surface area contributed by atoms with Crippen LogP contribution in [0.1, 0.15) is 0 Å². The van der Waals surface area contributed by atoms with Gasteiger partial charge in [0, 0.05) is 6.07 Å². The third kappa shape index (κ3) is 1.94. The van der Waals surface area contributed by atoms with Crippen molar-refractivity contribution in [3.05, 3.63) is 10.5 Å². The molecule has 0 N–H and O–H groups in total. The lowest BCUT2D eigenvalue weighted by Crippen LogP contribution is -1.82. The van der Waals surface area contributed by atoms with E-state index in [0.29, 0.717) is 16.6 Å². The van der Waals surface area contributed by atoms with Crippen molar-refractivity contribution in [1.82, 2.24) is 0 Å². The van der Waals surface area contributed by atoms with Crippen molar-refractivity contribution in [2.24, 2.45) is 0 Å². The second kappa shape index (κ2) is 3.73. The van der Waals surface area contributed by atoms with Crippen LogP contribution in [0.4, 0.5) is 0 Å². The third-order valence-electron chi connectivity index (χ3n) is 0.983. The van der Waals surface area contributed by atoms with E-state index in [0.717, 1.165) is 4.47 Å².